The molecule has 25 heavy (non-hydrogen) atoms. The fraction of sp³-hybridized carbons (Fsp3) is 0.130. The van der Waals surface area contributed by atoms with Gasteiger partial charge in [0.25, 0.3) is 0 Å². The van der Waals surface area contributed by atoms with E-state index in [9.17, 15) is 0 Å². The van der Waals surface area contributed by atoms with Crippen LogP contribution in [0.1, 0.15) is 24.2 Å². The van der Waals surface area contributed by atoms with Gasteiger partial charge < -0.3 is 0 Å². The molecule has 1 aliphatic heterocycles. The molecule has 0 unspecified atom stereocenters. The molecule has 0 N–H and O–H groups in total. The van der Waals surface area contributed by atoms with Crippen LogP contribution in [0.5, 0.6) is 0 Å². The third-order valence-corrected chi connectivity index (χ3v) is 4.61. The highest BCUT2D eigenvalue weighted by Gasteiger charge is 2.29. The van der Waals surface area contributed by atoms with Crippen LogP contribution in [0.15, 0.2) is 97.1 Å². The van der Waals surface area contributed by atoms with Crippen molar-refractivity contribution in [3.05, 3.63) is 108 Å². The number of benzene rings is 3. The van der Waals surface area contributed by atoms with E-state index in [-0.39, 0.29) is 12.1 Å². The molecule has 1 aliphatic rings. The highest BCUT2D eigenvalue weighted by Crippen LogP contribution is 2.37. The van der Waals surface area contributed by atoms with E-state index in [2.05, 4.69) is 79.7 Å². The fourth-order valence-electron chi connectivity index (χ4n) is 3.30. The van der Waals surface area contributed by atoms with Crippen LogP contribution in [0.4, 0.5) is 5.69 Å². The average Bonchev–Trinajstić information content (AvgIpc) is 2.70. The molecule has 2 atom stereocenters. The molecule has 0 aliphatic carbocycles. The predicted molar refractivity (Wildman–Crippen MR) is 103 cm³/mol. The number of hydroxylamine groups is 1. The van der Waals surface area contributed by atoms with Crippen LogP contribution in [0, 0.1) is 0 Å². The molecule has 0 spiro atoms. The van der Waals surface area contributed by atoms with Crippen LogP contribution in [0.2, 0.25) is 0 Å². The molecule has 0 amide bonds. The van der Waals surface area contributed by atoms with Gasteiger partial charge in [0.15, 0.2) is 0 Å². The smallest absolute Gasteiger partial charge is 0.129 e. The van der Waals surface area contributed by atoms with E-state index in [0.29, 0.717) is 0 Å². The van der Waals surface area contributed by atoms with Crippen LogP contribution in [-0.4, -0.2) is 6.04 Å². The van der Waals surface area contributed by atoms with Crippen molar-refractivity contribution in [2.75, 3.05) is 5.06 Å². The monoisotopic (exact) mass is 327 g/mol. The lowest BCUT2D eigenvalue weighted by Gasteiger charge is -2.39. The van der Waals surface area contributed by atoms with Crippen LogP contribution < -0.4 is 5.06 Å². The van der Waals surface area contributed by atoms with Crippen LogP contribution in [-0.2, 0) is 4.84 Å². The molecule has 0 fully saturated rings. The van der Waals surface area contributed by atoms with Gasteiger partial charge in [0, 0.05) is 0 Å². The summed E-state index contributed by atoms with van der Waals surface area (Å²) in [6, 6.07) is 31.4. The maximum Gasteiger partial charge on any atom is 0.129 e. The predicted octanol–water partition coefficient (Wildman–Crippen LogP) is 5.65. The lowest BCUT2D eigenvalue weighted by atomic mass is 9.94. The quantitative estimate of drug-likeness (QED) is 0.616. The molecule has 0 saturated heterocycles. The molecule has 0 bridgehead atoms. The zero-order valence-electron chi connectivity index (χ0n) is 14.2. The molecular weight excluding hydrogens is 306 g/mol. The number of rotatable bonds is 3. The van der Waals surface area contributed by atoms with E-state index in [1.165, 1.54) is 11.1 Å². The lowest BCUT2D eigenvalue weighted by Crippen LogP contribution is -2.38. The van der Waals surface area contributed by atoms with Gasteiger partial charge in [-0.15, -0.1) is 0 Å². The maximum absolute atomic E-state index is 6.38. The first-order valence-corrected chi connectivity index (χ1v) is 8.66. The Morgan fingerprint density at radius 1 is 0.720 bits per heavy atom. The Hall–Kier alpha value is -2.84. The van der Waals surface area contributed by atoms with E-state index < -0.39 is 0 Å². The van der Waals surface area contributed by atoms with Gasteiger partial charge in [-0.05, 0) is 41.8 Å². The average molecular weight is 327 g/mol. The highest BCUT2D eigenvalue weighted by molar-refractivity contribution is 5.74. The molecule has 4 rings (SSSR count). The number of hydrogen-bond acceptors (Lipinski definition) is 2. The summed E-state index contributed by atoms with van der Waals surface area (Å²) in [6.45, 7) is 2.19. The normalized spacial score (nSPS) is 20.2. The van der Waals surface area contributed by atoms with Gasteiger partial charge in [-0.1, -0.05) is 78.9 Å². The first-order chi connectivity index (χ1) is 12.3. The summed E-state index contributed by atoms with van der Waals surface area (Å²) in [5.74, 6) is 0. The number of hydrogen-bond donors (Lipinski definition) is 0. The van der Waals surface area contributed by atoms with Gasteiger partial charge in [-0.3, -0.25) is 4.84 Å². The van der Waals surface area contributed by atoms with Crippen LogP contribution >= 0.6 is 0 Å². The molecule has 2 nitrogen and oxygen atoms in total. The van der Waals surface area contributed by atoms with E-state index in [1.807, 2.05) is 29.3 Å². The van der Waals surface area contributed by atoms with Gasteiger partial charge in [0.05, 0.1) is 11.7 Å². The molecule has 0 radical (unpaired) electrons. The summed E-state index contributed by atoms with van der Waals surface area (Å²) in [6.07, 6.45) is 2.14. The SMILES string of the molecule is C[C@H]1C(c2ccccc2)=C[C@H](c2ccccc2)ON1c1ccccc1. The lowest BCUT2D eigenvalue weighted by molar-refractivity contribution is 0.0464. The van der Waals surface area contributed by atoms with E-state index in [4.69, 9.17) is 4.84 Å². The molecule has 124 valence electrons. The molecule has 0 saturated carbocycles. The molecule has 3 aromatic rings. The minimum atomic E-state index is -0.104. The summed E-state index contributed by atoms with van der Waals surface area (Å²) in [7, 11) is 0. The molecular formula is C23H21NO. The van der Waals surface area contributed by atoms with E-state index >= 15 is 0 Å². The Bertz CT molecular complexity index is 843. The van der Waals surface area contributed by atoms with Crippen molar-refractivity contribution in [1.82, 2.24) is 0 Å². The Morgan fingerprint density at radius 3 is 1.92 bits per heavy atom. The van der Waals surface area contributed by atoms with Gasteiger partial charge >= 0.3 is 0 Å². The van der Waals surface area contributed by atoms with Crippen molar-refractivity contribution < 1.29 is 4.84 Å². The van der Waals surface area contributed by atoms with Crippen molar-refractivity contribution in [3.63, 3.8) is 0 Å². The Morgan fingerprint density at radius 2 is 1.28 bits per heavy atom. The first kappa shape index (κ1) is 15.7. The second-order valence-corrected chi connectivity index (χ2v) is 6.26. The summed E-state index contributed by atoms with van der Waals surface area (Å²) in [5, 5.41) is 2.03. The largest absolute Gasteiger partial charge is 0.261 e. The third-order valence-electron chi connectivity index (χ3n) is 4.61. The second-order valence-electron chi connectivity index (χ2n) is 6.26. The number of anilines is 1. The molecule has 1 heterocycles. The molecule has 2 heteroatoms. The second kappa shape index (κ2) is 6.96. The first-order valence-electron chi connectivity index (χ1n) is 8.66. The molecule has 0 aromatic heterocycles. The zero-order valence-corrected chi connectivity index (χ0v) is 14.2. The van der Waals surface area contributed by atoms with Gasteiger partial charge in [0.1, 0.15) is 6.10 Å². The Labute approximate surface area is 149 Å². The molecule has 3 aromatic carbocycles. The van der Waals surface area contributed by atoms with Crippen LogP contribution in [0.25, 0.3) is 5.57 Å². The Balaban J connectivity index is 1.79. The standard InChI is InChI=1S/C23H21NO/c1-18-22(19-11-5-2-6-12-19)17-23(20-13-7-3-8-14-20)25-24(18)21-15-9-4-10-16-21/h2-18,23H,1H3/t18-,23+/m0/s1. The zero-order chi connectivity index (χ0) is 17.1. The minimum absolute atomic E-state index is 0.104. The minimum Gasteiger partial charge on any atom is -0.261 e. The van der Waals surface area contributed by atoms with Crippen molar-refractivity contribution in [1.29, 1.82) is 0 Å². The van der Waals surface area contributed by atoms with Gasteiger partial charge in [0.2, 0.25) is 0 Å². The van der Waals surface area contributed by atoms with Gasteiger partial charge in [-0.25, -0.2) is 5.06 Å². The van der Waals surface area contributed by atoms with Gasteiger partial charge in [-0.2, -0.15) is 0 Å². The summed E-state index contributed by atoms with van der Waals surface area (Å²) >= 11 is 0. The van der Waals surface area contributed by atoms with Crippen LogP contribution in [0.3, 0.4) is 0 Å². The topological polar surface area (TPSA) is 12.5 Å². The summed E-state index contributed by atoms with van der Waals surface area (Å²) in [5.41, 5.74) is 4.74. The van der Waals surface area contributed by atoms with E-state index in [1.54, 1.807) is 0 Å². The number of nitrogens with zero attached hydrogens (tertiary/aromatic N) is 1. The summed E-state index contributed by atoms with van der Waals surface area (Å²) < 4.78 is 0. The maximum atomic E-state index is 6.38. The van der Waals surface area contributed by atoms with Crippen molar-refractivity contribution >= 4 is 11.3 Å². The number of para-hydroxylation sites is 1. The van der Waals surface area contributed by atoms with Crippen molar-refractivity contribution in [2.45, 2.75) is 19.1 Å². The summed E-state index contributed by atoms with van der Waals surface area (Å²) in [4.78, 5) is 6.38. The Kier molecular flexibility index (Phi) is 4.36. The fourth-order valence-corrected chi connectivity index (χ4v) is 3.30. The van der Waals surface area contributed by atoms with Crippen molar-refractivity contribution in [3.8, 4) is 0 Å². The highest BCUT2D eigenvalue weighted by atomic mass is 16.7. The third kappa shape index (κ3) is 3.21. The van der Waals surface area contributed by atoms with Crippen molar-refractivity contribution in [2.24, 2.45) is 0 Å². The van der Waals surface area contributed by atoms with E-state index in [0.717, 1.165) is 11.3 Å².